The lowest BCUT2D eigenvalue weighted by molar-refractivity contribution is -0.385. The van der Waals surface area contributed by atoms with Crippen LogP contribution >= 0.6 is 15.9 Å². The summed E-state index contributed by atoms with van der Waals surface area (Å²) in [5.74, 6) is 0.304. The van der Waals surface area contributed by atoms with Gasteiger partial charge in [-0.2, -0.15) is 5.10 Å². The molecule has 2 rings (SSSR count). The predicted octanol–water partition coefficient (Wildman–Crippen LogP) is 4.23. The van der Waals surface area contributed by atoms with Gasteiger partial charge in [0, 0.05) is 11.6 Å². The normalized spacial score (nSPS) is 12.0. The molecular weight excluding hydrogens is 414 g/mol. The van der Waals surface area contributed by atoms with Crippen molar-refractivity contribution < 1.29 is 14.5 Å². The van der Waals surface area contributed by atoms with E-state index in [1.807, 2.05) is 32.0 Å². The van der Waals surface area contributed by atoms with Gasteiger partial charge in [-0.1, -0.05) is 25.1 Å². The Morgan fingerprint density at radius 3 is 2.78 bits per heavy atom. The minimum Gasteiger partial charge on any atom is -0.490 e. The number of halogens is 1. The first-order chi connectivity index (χ1) is 12.9. The number of carbonyl (C=O) groups excluding carboxylic acids is 1. The van der Waals surface area contributed by atoms with Crippen molar-refractivity contribution in [2.75, 3.05) is 0 Å². The van der Waals surface area contributed by atoms with Crippen molar-refractivity contribution in [2.45, 2.75) is 32.8 Å². The number of hydrazone groups is 1. The van der Waals surface area contributed by atoms with Gasteiger partial charge in [0.15, 0.2) is 0 Å². The topological polar surface area (TPSA) is 93.8 Å². The molecule has 142 valence electrons. The van der Waals surface area contributed by atoms with Crippen molar-refractivity contribution in [3.63, 3.8) is 0 Å². The van der Waals surface area contributed by atoms with Crippen LogP contribution in [0.15, 0.2) is 52.0 Å². The summed E-state index contributed by atoms with van der Waals surface area (Å²) in [4.78, 5) is 22.4. The Morgan fingerprint density at radius 2 is 2.11 bits per heavy atom. The lowest BCUT2D eigenvalue weighted by Crippen LogP contribution is -2.20. The second-order valence-electron chi connectivity index (χ2n) is 5.88. The van der Waals surface area contributed by atoms with Gasteiger partial charge in [0.1, 0.15) is 5.75 Å². The molecule has 8 heteroatoms. The van der Waals surface area contributed by atoms with E-state index in [2.05, 4.69) is 26.5 Å². The Bertz CT molecular complexity index is 855. The molecule has 0 aliphatic carbocycles. The van der Waals surface area contributed by atoms with Crippen LogP contribution < -0.4 is 10.2 Å². The zero-order chi connectivity index (χ0) is 19.8. The van der Waals surface area contributed by atoms with Crippen molar-refractivity contribution in [2.24, 2.45) is 5.10 Å². The van der Waals surface area contributed by atoms with Crippen LogP contribution in [0.25, 0.3) is 0 Å². The first kappa shape index (κ1) is 20.6. The maximum atomic E-state index is 12.0. The van der Waals surface area contributed by atoms with E-state index in [1.54, 1.807) is 18.2 Å². The number of rotatable bonds is 8. The highest BCUT2D eigenvalue weighted by molar-refractivity contribution is 9.10. The number of nitro groups is 1. The molecule has 0 aromatic heterocycles. The van der Waals surface area contributed by atoms with E-state index < -0.39 is 10.8 Å². The lowest BCUT2D eigenvalue weighted by atomic mass is 10.1. The molecule has 0 fully saturated rings. The first-order valence-corrected chi connectivity index (χ1v) is 9.20. The maximum Gasteiger partial charge on any atom is 0.273 e. The zero-order valence-corrected chi connectivity index (χ0v) is 16.6. The SMILES string of the molecule is CC[C@H](C)Oc1ccc(/C=N/NC(=O)Cc2ccccc2[N+](=O)[O-])cc1Br. The summed E-state index contributed by atoms with van der Waals surface area (Å²) in [6.07, 6.45) is 2.39. The number of hydrogen-bond donors (Lipinski definition) is 1. The van der Waals surface area contributed by atoms with Gasteiger partial charge in [-0.25, -0.2) is 5.43 Å². The average Bonchev–Trinajstić information content (AvgIpc) is 2.64. The molecule has 7 nitrogen and oxygen atoms in total. The largest absolute Gasteiger partial charge is 0.490 e. The van der Waals surface area contributed by atoms with E-state index in [-0.39, 0.29) is 18.2 Å². The highest BCUT2D eigenvalue weighted by atomic mass is 79.9. The van der Waals surface area contributed by atoms with Crippen molar-refractivity contribution in [3.05, 3.63) is 68.2 Å². The van der Waals surface area contributed by atoms with Crippen molar-refractivity contribution in [1.82, 2.24) is 5.43 Å². The quantitative estimate of drug-likeness (QED) is 0.382. The Morgan fingerprint density at radius 1 is 1.37 bits per heavy atom. The van der Waals surface area contributed by atoms with Crippen LogP contribution in [-0.4, -0.2) is 23.1 Å². The Kier molecular flexibility index (Phi) is 7.48. The van der Waals surface area contributed by atoms with Gasteiger partial charge in [-0.3, -0.25) is 14.9 Å². The number of carbonyl (C=O) groups is 1. The molecule has 0 aliphatic rings. The number of nitrogens with one attached hydrogen (secondary N) is 1. The van der Waals surface area contributed by atoms with Gasteiger partial charge in [0.2, 0.25) is 5.91 Å². The fourth-order valence-corrected chi connectivity index (χ4v) is 2.71. The van der Waals surface area contributed by atoms with E-state index in [1.165, 1.54) is 12.3 Å². The fraction of sp³-hybridized carbons (Fsp3) is 0.263. The number of para-hydroxylation sites is 1. The molecule has 0 spiro atoms. The minimum atomic E-state index is -0.508. The molecule has 0 saturated heterocycles. The Balaban J connectivity index is 1.96. The van der Waals surface area contributed by atoms with E-state index in [9.17, 15) is 14.9 Å². The second kappa shape index (κ2) is 9.82. The summed E-state index contributed by atoms with van der Waals surface area (Å²) in [5, 5.41) is 14.9. The fourth-order valence-electron chi connectivity index (χ4n) is 2.22. The molecule has 0 heterocycles. The van der Waals surface area contributed by atoms with Crippen LogP contribution in [0.1, 0.15) is 31.4 Å². The molecule has 2 aromatic rings. The standard InChI is InChI=1S/C19H20BrN3O4/c1-3-13(2)27-18-9-8-14(10-16(18)20)12-21-22-19(24)11-15-6-4-5-7-17(15)23(25)26/h4-10,12-13H,3,11H2,1-2H3,(H,22,24)/b21-12+/t13-/m0/s1. The average molecular weight is 434 g/mol. The Labute approximate surface area is 165 Å². The van der Waals surface area contributed by atoms with Gasteiger partial charge in [-0.15, -0.1) is 0 Å². The number of nitrogens with zero attached hydrogens (tertiary/aromatic N) is 2. The molecule has 1 amide bonds. The van der Waals surface area contributed by atoms with Crippen molar-refractivity contribution in [1.29, 1.82) is 0 Å². The van der Waals surface area contributed by atoms with Crippen molar-refractivity contribution >= 4 is 33.7 Å². The minimum absolute atomic E-state index is 0.0857. The molecular formula is C19H20BrN3O4. The van der Waals surface area contributed by atoms with Gasteiger partial charge in [-0.05, 0) is 53.0 Å². The third-order valence-corrected chi connectivity index (χ3v) is 4.42. The van der Waals surface area contributed by atoms with Gasteiger partial charge < -0.3 is 4.74 Å². The zero-order valence-electron chi connectivity index (χ0n) is 15.0. The predicted molar refractivity (Wildman–Crippen MR) is 107 cm³/mol. The third-order valence-electron chi connectivity index (χ3n) is 3.80. The highest BCUT2D eigenvalue weighted by Crippen LogP contribution is 2.26. The molecule has 0 unspecified atom stereocenters. The number of benzene rings is 2. The van der Waals surface area contributed by atoms with E-state index in [0.29, 0.717) is 5.56 Å². The van der Waals surface area contributed by atoms with E-state index in [0.717, 1.165) is 22.2 Å². The van der Waals surface area contributed by atoms with Gasteiger partial charge >= 0.3 is 0 Å². The molecule has 1 atom stereocenters. The molecule has 0 radical (unpaired) electrons. The summed E-state index contributed by atoms with van der Waals surface area (Å²) < 4.78 is 6.56. The van der Waals surface area contributed by atoms with Gasteiger partial charge in [0.25, 0.3) is 5.69 Å². The molecule has 0 saturated carbocycles. The van der Waals surface area contributed by atoms with E-state index in [4.69, 9.17) is 4.74 Å². The Hall–Kier alpha value is -2.74. The number of nitro benzene ring substituents is 1. The second-order valence-corrected chi connectivity index (χ2v) is 6.74. The van der Waals surface area contributed by atoms with Crippen LogP contribution in [-0.2, 0) is 11.2 Å². The summed E-state index contributed by atoms with van der Waals surface area (Å²) in [7, 11) is 0. The first-order valence-electron chi connectivity index (χ1n) is 8.41. The summed E-state index contributed by atoms with van der Waals surface area (Å²) in [5.41, 5.74) is 3.40. The van der Waals surface area contributed by atoms with Crippen LogP contribution in [0.3, 0.4) is 0 Å². The maximum absolute atomic E-state index is 12.0. The molecule has 0 bridgehead atoms. The molecule has 27 heavy (non-hydrogen) atoms. The number of ether oxygens (including phenoxy) is 1. The third kappa shape index (κ3) is 6.18. The summed E-state index contributed by atoms with van der Waals surface area (Å²) >= 11 is 3.45. The molecule has 2 aromatic carbocycles. The monoisotopic (exact) mass is 433 g/mol. The molecule has 1 N–H and O–H groups in total. The highest BCUT2D eigenvalue weighted by Gasteiger charge is 2.15. The van der Waals surface area contributed by atoms with E-state index >= 15 is 0 Å². The smallest absolute Gasteiger partial charge is 0.273 e. The van der Waals surface area contributed by atoms with Crippen LogP contribution in [0.4, 0.5) is 5.69 Å². The van der Waals surface area contributed by atoms with Crippen molar-refractivity contribution in [3.8, 4) is 5.75 Å². The summed E-state index contributed by atoms with van der Waals surface area (Å²) in [6.45, 7) is 4.04. The number of hydrogen-bond acceptors (Lipinski definition) is 5. The van der Waals surface area contributed by atoms with Gasteiger partial charge in [0.05, 0.1) is 28.1 Å². The van der Waals surface area contributed by atoms with Crippen LogP contribution in [0, 0.1) is 10.1 Å². The molecule has 0 aliphatic heterocycles. The van der Waals surface area contributed by atoms with Crippen LogP contribution in [0.2, 0.25) is 0 Å². The summed E-state index contributed by atoms with van der Waals surface area (Å²) in [6, 6.07) is 11.6. The number of amides is 1. The van der Waals surface area contributed by atoms with Crippen LogP contribution in [0.5, 0.6) is 5.75 Å². The lowest BCUT2D eigenvalue weighted by Gasteiger charge is -2.14.